The minimum absolute atomic E-state index is 0. The highest BCUT2D eigenvalue weighted by atomic mass is 27.0. The van der Waals surface area contributed by atoms with Crippen LogP contribution in [0.15, 0.2) is 0 Å². The van der Waals surface area contributed by atoms with E-state index in [9.17, 15) is 0 Å². The van der Waals surface area contributed by atoms with Crippen LogP contribution in [0.3, 0.4) is 0 Å². The lowest BCUT2D eigenvalue weighted by Crippen LogP contribution is -0.382. The van der Waals surface area contributed by atoms with Gasteiger partial charge in [-0.3, -0.25) is 0 Å². The van der Waals surface area contributed by atoms with Gasteiger partial charge in [0.25, 0.3) is 0 Å². The van der Waals surface area contributed by atoms with Crippen LogP contribution in [-0.4, -0.2) is 80.8 Å². The Morgan fingerprint density at radius 2 is 0.500 bits per heavy atom. The fraction of sp³-hybridized carbons (Fsp3) is 0. The summed E-state index contributed by atoms with van der Waals surface area (Å²) in [6.45, 7) is 0. The molecule has 4 heavy (non-hydrogen) atoms. The molecule has 0 heterocycles. The van der Waals surface area contributed by atoms with E-state index >= 15 is 0 Å². The molecule has 0 nitrogen and oxygen atoms in total. The summed E-state index contributed by atoms with van der Waals surface area (Å²) in [5.41, 5.74) is 0. The smallest absolute Gasteiger partial charge is 0.187 e. The summed E-state index contributed by atoms with van der Waals surface area (Å²) in [7, 11) is 0. The van der Waals surface area contributed by atoms with Crippen molar-refractivity contribution in [1.82, 2.24) is 0 Å². The van der Waals surface area contributed by atoms with Crippen molar-refractivity contribution in [2.24, 2.45) is 0 Å². The number of hydrogen-bond acceptors (Lipinski definition) is 0. The summed E-state index contributed by atoms with van der Waals surface area (Å²) >= 11 is 0. The van der Waals surface area contributed by atoms with Gasteiger partial charge in [0.1, 0.15) is 0 Å². The highest BCUT2D eigenvalue weighted by Gasteiger charge is 0.317. The summed E-state index contributed by atoms with van der Waals surface area (Å²) in [5, 5.41) is 0. The third kappa shape index (κ3) is 8.82. The second kappa shape index (κ2) is 17.5. The van der Waals surface area contributed by atoms with Gasteiger partial charge < -0.3 is 0 Å². The first-order valence-corrected chi connectivity index (χ1v) is 0. The third-order valence-electron chi connectivity index (χ3n) is 0. The van der Waals surface area contributed by atoms with Crippen molar-refractivity contribution in [2.45, 2.75) is 0 Å². The van der Waals surface area contributed by atoms with Gasteiger partial charge in [-0.1, -0.05) is 0 Å². The lowest BCUT2D eigenvalue weighted by atomic mass is 24.3. The highest BCUT2D eigenvalue weighted by molar-refractivity contribution is 5.76. The first kappa shape index (κ1) is 30.6. The van der Waals surface area contributed by atoms with Gasteiger partial charge in [-0.2, -0.15) is 0 Å². The molecule has 0 atom stereocenters. The molecule has 0 aromatic heterocycles. The van der Waals surface area contributed by atoms with Crippen LogP contribution in [0.1, 0.15) is 0 Å². The van der Waals surface area contributed by atoms with Crippen LogP contribution < -0.4 is 0 Å². The summed E-state index contributed by atoms with van der Waals surface area (Å²) in [4.78, 5) is 0. The molecule has 0 aromatic rings. The maximum atomic E-state index is 0. The molecular weight excluding hydrogens is 103 g/mol. The second-order valence-corrected chi connectivity index (χ2v) is 0. The second-order valence-electron chi connectivity index (χ2n) is 0. The molecule has 0 aliphatic carbocycles. The van der Waals surface area contributed by atoms with Gasteiger partial charge >= 0.3 is 46.1 Å². The van der Waals surface area contributed by atoms with Crippen LogP contribution in [0.2, 0.25) is 0 Å². The van der Waals surface area contributed by atoms with E-state index in [1.165, 1.54) is 0 Å². The van der Waals surface area contributed by atoms with Crippen LogP contribution in [-0.2, 0) is 0 Å². The fourth-order valence-corrected chi connectivity index (χ4v) is 0. The average molecular weight is 113 g/mol. The maximum absolute atomic E-state index is 0. The predicted molar refractivity (Wildman–Crippen MR) is 37.0 cm³/mol. The lowest BCUT2D eigenvalue weighted by Gasteiger charge is 0.186. The summed E-state index contributed by atoms with van der Waals surface area (Å²) < 4.78 is 0. The standard InChI is InChI=1S/2Al.2Mg.10H. The van der Waals surface area contributed by atoms with Crippen molar-refractivity contribution in [3.8, 4) is 0 Å². The number of rotatable bonds is 0. The van der Waals surface area contributed by atoms with Crippen molar-refractivity contribution < 1.29 is 0 Å². The first-order valence-electron chi connectivity index (χ1n) is 0. The molecule has 0 fully saturated rings. The van der Waals surface area contributed by atoms with Gasteiger partial charge in [-0.15, -0.1) is 0 Å². The van der Waals surface area contributed by atoms with Gasteiger partial charge in [-0.25, -0.2) is 0 Å². The monoisotopic (exact) mass is 112 g/mol. The zero-order chi connectivity index (χ0) is 0. The fourth-order valence-electron chi connectivity index (χ4n) is 0. The molecule has 0 unspecified atom stereocenters. The van der Waals surface area contributed by atoms with E-state index in [-0.39, 0.29) is 80.8 Å². The number of hydrogen-bond donors (Lipinski definition) is 0. The molecule has 4 heteroatoms. The Bertz CT molecular complexity index is 4.00. The maximum Gasteiger partial charge on any atom is 0.316 e. The highest BCUT2D eigenvalue weighted by Crippen LogP contribution is -0.378. The molecule has 0 N–H and O–H groups in total. The van der Waals surface area contributed by atoms with Gasteiger partial charge in [0, 0.05) is 0 Å². The topological polar surface area (TPSA) is 0 Å². The molecule has 0 spiro atoms. The first-order chi connectivity index (χ1) is 0. The average Bonchev–Trinajstić information content (AvgIpc) is 0. The third-order valence-corrected chi connectivity index (χ3v) is 0. The van der Waals surface area contributed by atoms with Crippen LogP contribution in [0.4, 0.5) is 0 Å². The van der Waals surface area contributed by atoms with Crippen molar-refractivity contribution >= 4 is 80.8 Å². The summed E-state index contributed by atoms with van der Waals surface area (Å²) in [6.07, 6.45) is 0. The molecule has 0 rings (SSSR count). The Balaban J connectivity index is 0. The molecule has 0 saturated heterocycles. The molecule has 0 aliphatic rings. The van der Waals surface area contributed by atoms with Gasteiger partial charge in [0.05, 0.1) is 0 Å². The quantitative estimate of drug-likeness (QED) is 0.279. The lowest BCUT2D eigenvalue weighted by molar-refractivity contribution is 5.75. The summed E-state index contributed by atoms with van der Waals surface area (Å²) in [5.74, 6) is 0. The van der Waals surface area contributed by atoms with E-state index in [4.69, 9.17) is 0 Å². The SMILES string of the molecule is [AlH3].[AlH3].[MgH2].[MgH2]. The van der Waals surface area contributed by atoms with Crippen molar-refractivity contribution in [3.63, 3.8) is 0 Å². The van der Waals surface area contributed by atoms with Gasteiger partial charge in [-0.05, 0) is 0 Å². The molecular formula is H10Al2Mg2. The normalized spacial score (nSPS) is 0. The van der Waals surface area contributed by atoms with Gasteiger partial charge in [0.15, 0.2) is 34.7 Å². The van der Waals surface area contributed by atoms with Gasteiger partial charge in [0.2, 0.25) is 0 Å². The Labute approximate surface area is 79.7 Å². The minimum Gasteiger partial charge on any atom is 0.187 e. The predicted octanol–water partition coefficient (Wildman–Crippen LogP) is -4.20. The van der Waals surface area contributed by atoms with Crippen molar-refractivity contribution in [2.75, 3.05) is 0 Å². The van der Waals surface area contributed by atoms with E-state index in [0.29, 0.717) is 0 Å². The van der Waals surface area contributed by atoms with Crippen molar-refractivity contribution in [1.29, 1.82) is 0 Å². The van der Waals surface area contributed by atoms with E-state index in [1.807, 2.05) is 0 Å². The molecule has 0 aliphatic heterocycles. The van der Waals surface area contributed by atoms with E-state index < -0.39 is 0 Å². The molecule has 0 aromatic carbocycles. The van der Waals surface area contributed by atoms with Crippen LogP contribution in [0.25, 0.3) is 0 Å². The Hall–Kier alpha value is 2.60. The van der Waals surface area contributed by atoms with E-state index in [0.717, 1.165) is 0 Å². The Kier molecular flexibility index (Phi) is 134. The Morgan fingerprint density at radius 1 is 0.500 bits per heavy atom. The van der Waals surface area contributed by atoms with Crippen LogP contribution in [0.5, 0.6) is 0 Å². The summed E-state index contributed by atoms with van der Waals surface area (Å²) in [6, 6.07) is 0. The molecule has 0 amide bonds. The van der Waals surface area contributed by atoms with E-state index in [1.54, 1.807) is 0 Å². The largest absolute Gasteiger partial charge is 0.316 e. The zero-order valence-electron chi connectivity index (χ0n) is 0. The molecule has 0 saturated carbocycles. The molecule has 0 bridgehead atoms. The molecule has 0 radical (unpaired) electrons. The van der Waals surface area contributed by atoms with Crippen LogP contribution in [0, 0.1) is 0 Å². The van der Waals surface area contributed by atoms with E-state index in [2.05, 4.69) is 0 Å². The Morgan fingerprint density at radius 3 is 0.500 bits per heavy atom. The zero-order valence-corrected chi connectivity index (χ0v) is 0. The minimum atomic E-state index is 0. The van der Waals surface area contributed by atoms with Crippen LogP contribution >= 0.6 is 0 Å². The van der Waals surface area contributed by atoms with Crippen molar-refractivity contribution in [3.05, 3.63) is 0 Å². The molecule has 20 valence electrons.